The molecule has 12 aliphatic rings. The molecule has 3 aromatic carbocycles. The van der Waals surface area contributed by atoms with Gasteiger partial charge >= 0.3 is 0 Å². The van der Waals surface area contributed by atoms with Crippen molar-refractivity contribution in [3.8, 4) is 34.2 Å². The minimum atomic E-state index is 0. The zero-order valence-corrected chi connectivity index (χ0v) is 60.8. The van der Waals surface area contributed by atoms with Crippen molar-refractivity contribution in [1.82, 2.24) is 59.6 Å². The predicted octanol–water partition coefficient (Wildman–Crippen LogP) is 12.5. The molecule has 0 amide bonds. The Bertz CT molecular complexity index is 5440. The maximum atomic E-state index is 6.34. The van der Waals surface area contributed by atoms with Crippen LogP contribution in [-0.2, 0) is 67.3 Å². The minimum absolute atomic E-state index is 0. The number of nitrogens with zero attached hydrogens (tertiary/aromatic N) is 15. The quantitative estimate of drug-likeness (QED) is 0.111. The number of aromatic nitrogens is 9. The number of allylic oxidation sites excluding steroid dienone is 3. The van der Waals surface area contributed by atoms with E-state index in [4.69, 9.17) is 86.5 Å². The van der Waals surface area contributed by atoms with Gasteiger partial charge in [-0.3, -0.25) is 14.7 Å². The molecule has 0 spiro atoms. The molecule has 6 bridgehead atoms. The van der Waals surface area contributed by atoms with Crippen LogP contribution in [0.25, 0.3) is 119 Å². The van der Waals surface area contributed by atoms with E-state index >= 15 is 0 Å². The van der Waals surface area contributed by atoms with E-state index in [1.807, 2.05) is 18.6 Å². The van der Waals surface area contributed by atoms with Gasteiger partial charge in [-0.1, -0.05) is 98.5 Å². The lowest BCUT2D eigenvalue weighted by Gasteiger charge is -2.31. The highest BCUT2D eigenvalue weighted by atomic mass is 16.5. The average Bonchev–Trinajstić information content (AvgIpc) is 1.59. The van der Waals surface area contributed by atoms with E-state index in [-0.39, 0.29) is 7.43 Å². The van der Waals surface area contributed by atoms with Crippen molar-refractivity contribution in [1.29, 1.82) is 0 Å². The number of rotatable bonds is 12. The number of furan rings is 3. The Morgan fingerprint density at radius 3 is 1.11 bits per heavy atom. The molecule has 12 aromatic rings. The zero-order valence-electron chi connectivity index (χ0n) is 60.8. The molecular weight excluding hydrogens is 1390 g/mol. The molecule has 9 aliphatic heterocycles. The Morgan fingerprint density at radius 1 is 0.400 bits per heavy atom. The standard InChI is InChI=1S/C29H29N5O3.2C28H27N5O3.CH4/c1-3-19-4-2-6-23(22(19)5-1)27-31-25-24-13-18(15-33-16-20-7-8-21(17-33)36-20)14-30-29(24)37-26(25)28(32-27)34-9-11-35-12-10-34;2*1-3-18-4-2-6-22(21(18)5-1)26-30-24-23-11-17(14-33-15-20-12-19(33)16-35-20)13-29-28(23)36-25(24)27(31-26)32-7-9-34-10-8-32;/h1-2,4-6,13-14,20-21H,3,7-12,15-17H2;2*1-2,4-6,11,13,19-20H,3,7-10,12,14-16H2;1H4/t20-,21+;2*19-,20-;/m.10./s1. The fourth-order valence-electron chi connectivity index (χ4n) is 18.6. The van der Waals surface area contributed by atoms with Crippen LogP contribution >= 0.6 is 0 Å². The van der Waals surface area contributed by atoms with E-state index < -0.39 is 0 Å². The van der Waals surface area contributed by atoms with Crippen LogP contribution < -0.4 is 14.7 Å². The molecule has 0 N–H and O–H groups in total. The molecule has 3 aliphatic carbocycles. The summed E-state index contributed by atoms with van der Waals surface area (Å²) in [5.74, 6) is 4.67. The highest BCUT2D eigenvalue weighted by Crippen LogP contribution is 2.43. The molecule has 0 radical (unpaired) electrons. The second-order valence-corrected chi connectivity index (χ2v) is 31.0. The third kappa shape index (κ3) is 12.5. The number of hydrogen-bond acceptors (Lipinski definition) is 24. The number of likely N-dealkylation sites (tertiary alicyclic amines) is 3. The normalized spacial score (nSPS) is 23.2. The van der Waals surface area contributed by atoms with Gasteiger partial charge in [0, 0.05) is 132 Å². The van der Waals surface area contributed by atoms with E-state index in [0.29, 0.717) is 110 Å². The third-order valence-corrected chi connectivity index (χ3v) is 24.1. The van der Waals surface area contributed by atoms with Gasteiger partial charge in [0.25, 0.3) is 0 Å². The first-order valence-corrected chi connectivity index (χ1v) is 39.1. The van der Waals surface area contributed by atoms with Crippen LogP contribution in [0.3, 0.4) is 0 Å². The van der Waals surface area contributed by atoms with Crippen LogP contribution in [0.4, 0.5) is 17.5 Å². The van der Waals surface area contributed by atoms with Crippen LogP contribution in [-0.4, -0.2) is 214 Å². The number of morpholine rings is 6. The molecular formula is C86H87N15O9. The van der Waals surface area contributed by atoms with Crippen LogP contribution in [0, 0.1) is 0 Å². The third-order valence-electron chi connectivity index (χ3n) is 24.1. The predicted molar refractivity (Wildman–Crippen MR) is 422 cm³/mol. The zero-order chi connectivity index (χ0) is 71.6. The number of fused-ring (bicyclic) bond motifs is 18. The molecule has 18 heterocycles. The highest BCUT2D eigenvalue weighted by molar-refractivity contribution is 6.08. The largest absolute Gasteiger partial charge is 0.432 e. The average molecular weight is 1470 g/mol. The van der Waals surface area contributed by atoms with E-state index in [2.05, 4.69) is 139 Å². The van der Waals surface area contributed by atoms with Crippen molar-refractivity contribution >= 4 is 102 Å². The van der Waals surface area contributed by atoms with Gasteiger partial charge in [0.2, 0.25) is 17.1 Å². The summed E-state index contributed by atoms with van der Waals surface area (Å²) in [7, 11) is 0. The second-order valence-electron chi connectivity index (χ2n) is 31.0. The van der Waals surface area contributed by atoms with E-state index in [0.717, 1.165) is 215 Å². The van der Waals surface area contributed by atoms with Crippen LogP contribution in [0.2, 0.25) is 0 Å². The Hall–Kier alpha value is -9.99. The summed E-state index contributed by atoms with van der Waals surface area (Å²) >= 11 is 0. The highest BCUT2D eigenvalue weighted by Gasteiger charge is 2.41. The number of hydrogen-bond donors (Lipinski definition) is 0. The number of benzene rings is 3. The molecule has 9 saturated heterocycles. The summed E-state index contributed by atoms with van der Waals surface area (Å²) in [6.45, 7) is 16.9. The molecule has 110 heavy (non-hydrogen) atoms. The smallest absolute Gasteiger partial charge is 0.229 e. The molecule has 24 heteroatoms. The second kappa shape index (κ2) is 28.4. The van der Waals surface area contributed by atoms with Crippen LogP contribution in [0.15, 0.2) is 123 Å². The van der Waals surface area contributed by atoms with E-state index in [1.165, 1.54) is 62.9 Å². The lowest BCUT2D eigenvalue weighted by atomic mass is 10.0. The molecule has 6 atom stereocenters. The summed E-state index contributed by atoms with van der Waals surface area (Å²) < 4.78 is 53.5. The van der Waals surface area contributed by atoms with Gasteiger partial charge < -0.3 is 56.4 Å². The van der Waals surface area contributed by atoms with Gasteiger partial charge in [-0.2, -0.15) is 0 Å². The van der Waals surface area contributed by atoms with Crippen molar-refractivity contribution in [2.75, 3.05) is 133 Å². The monoisotopic (exact) mass is 1470 g/mol. The fourth-order valence-corrected chi connectivity index (χ4v) is 18.6. The molecule has 0 unspecified atom stereocenters. The SMILES string of the molecule is C.C1=Cc2c(cccc2-c2nc(N3CCOCC3)c3oc4ncc(CN5C[C@@H]6C[C@H]5CO6)cc4c3n2)C1.C1=Cc2c(cccc2-c2nc(N3CCOCC3)c3oc4ncc(CN5C[C@H]6CC[C@@H](C5)O6)cc4c3n2)C1.C1=Cc2c(cccc2-c2nc(N3CCOCC3)c3oc4ncc(CN5C[C@H]6C[C@@H]5CO6)cc4c3n2)C1. The molecule has 560 valence electrons. The molecule has 24 rings (SSSR count). The molecule has 24 nitrogen and oxygen atoms in total. The maximum Gasteiger partial charge on any atom is 0.229 e. The van der Waals surface area contributed by atoms with Crippen molar-refractivity contribution in [2.24, 2.45) is 0 Å². The Morgan fingerprint density at radius 2 is 0.764 bits per heavy atom. The summed E-state index contributed by atoms with van der Waals surface area (Å²) in [4.78, 5) is 59.0. The first kappa shape index (κ1) is 68.1. The summed E-state index contributed by atoms with van der Waals surface area (Å²) in [5.41, 5.74) is 20.7. The topological polar surface area (TPSA) is 230 Å². The van der Waals surface area contributed by atoms with Crippen molar-refractivity contribution < 1.29 is 41.7 Å². The van der Waals surface area contributed by atoms with E-state index in [1.54, 1.807) is 0 Å². The molecule has 9 aromatic heterocycles. The Labute approximate surface area is 635 Å². The molecule has 0 saturated carbocycles. The van der Waals surface area contributed by atoms with Gasteiger partial charge in [0.05, 0.1) is 93.4 Å². The molecule has 9 fully saturated rings. The fraction of sp³-hybridized carbons (Fsp3) is 0.407. The maximum absolute atomic E-state index is 6.34. The van der Waals surface area contributed by atoms with Gasteiger partial charge in [-0.05, 0) is 113 Å². The van der Waals surface area contributed by atoms with Gasteiger partial charge in [0.1, 0.15) is 16.6 Å². The first-order chi connectivity index (χ1) is 53.9. The Balaban J connectivity index is 0.000000104. The lowest BCUT2D eigenvalue weighted by Crippen LogP contribution is -2.41. The first-order valence-electron chi connectivity index (χ1n) is 39.1. The summed E-state index contributed by atoms with van der Waals surface area (Å²) in [5, 5.41) is 2.85. The lowest BCUT2D eigenvalue weighted by molar-refractivity contribution is -0.0410. The number of pyridine rings is 3. The van der Waals surface area contributed by atoms with Crippen molar-refractivity contribution in [2.45, 2.75) is 109 Å². The van der Waals surface area contributed by atoms with Crippen molar-refractivity contribution in [3.05, 3.63) is 160 Å². The Kier molecular flexibility index (Phi) is 17.6. The van der Waals surface area contributed by atoms with E-state index in [9.17, 15) is 0 Å². The minimum Gasteiger partial charge on any atom is -0.432 e. The van der Waals surface area contributed by atoms with Gasteiger partial charge in [0.15, 0.2) is 51.7 Å². The summed E-state index contributed by atoms with van der Waals surface area (Å²) in [6.07, 6.45) is 28.0. The summed E-state index contributed by atoms with van der Waals surface area (Å²) in [6, 6.07) is 26.9. The van der Waals surface area contributed by atoms with Crippen molar-refractivity contribution in [3.63, 3.8) is 0 Å². The van der Waals surface area contributed by atoms with Crippen LogP contribution in [0.5, 0.6) is 0 Å². The van der Waals surface area contributed by atoms with Crippen LogP contribution in [0.1, 0.15) is 83.2 Å². The number of anilines is 3. The van der Waals surface area contributed by atoms with Gasteiger partial charge in [-0.15, -0.1) is 0 Å². The van der Waals surface area contributed by atoms with Gasteiger partial charge in [-0.25, -0.2) is 44.9 Å². The number of ether oxygens (including phenoxy) is 6.